The van der Waals surface area contributed by atoms with Crippen LogP contribution in [0.5, 0.6) is 0 Å². The largest absolute Gasteiger partial charge is 0.464 e. The van der Waals surface area contributed by atoms with Gasteiger partial charge in [-0.15, -0.1) is 0 Å². The summed E-state index contributed by atoms with van der Waals surface area (Å²) in [5.74, 6) is -0.499. The van der Waals surface area contributed by atoms with E-state index in [1.165, 1.54) is 0 Å². The number of fused-ring (bicyclic) bond motifs is 1. The van der Waals surface area contributed by atoms with Gasteiger partial charge in [0, 0.05) is 0 Å². The van der Waals surface area contributed by atoms with Crippen LogP contribution in [0, 0.1) is 6.92 Å². The van der Waals surface area contributed by atoms with Gasteiger partial charge in [0.2, 0.25) is 0 Å². The molecule has 0 bridgehead atoms. The molecule has 0 fully saturated rings. The Morgan fingerprint density at radius 3 is 1.95 bits per heavy atom. The van der Waals surface area contributed by atoms with Crippen molar-refractivity contribution in [1.29, 1.82) is 0 Å². The second-order valence-corrected chi connectivity index (χ2v) is 4.85. The lowest BCUT2D eigenvalue weighted by Crippen LogP contribution is -2.26. The summed E-state index contributed by atoms with van der Waals surface area (Å²) in [5, 5.41) is 18.0. The topological polar surface area (TPSA) is 107 Å². The van der Waals surface area contributed by atoms with E-state index in [-0.39, 0.29) is 11.6 Å². The molecule has 0 spiro atoms. The Hall–Kier alpha value is -2.20. The monoisotopic (exact) mass is 326 g/mol. The molecule has 110 valence electrons. The number of anilines is 2. The first-order chi connectivity index (χ1) is 9.81. The summed E-state index contributed by atoms with van der Waals surface area (Å²) in [6.07, 6.45) is -2.85. The molecule has 1 heterocycles. The third kappa shape index (κ3) is 2.95. The van der Waals surface area contributed by atoms with Crippen molar-refractivity contribution in [1.82, 2.24) is 9.97 Å². The van der Waals surface area contributed by atoms with E-state index in [1.807, 2.05) is 6.92 Å². The summed E-state index contributed by atoms with van der Waals surface area (Å²) in [6, 6.07) is 5.13. The molecule has 2 rings (SSSR count). The minimum absolute atomic E-state index is 0.249. The number of hydrogen-bond acceptors (Lipinski definition) is 6. The van der Waals surface area contributed by atoms with Crippen molar-refractivity contribution in [2.24, 2.45) is 0 Å². The summed E-state index contributed by atoms with van der Waals surface area (Å²) >= 11 is 7.55. The van der Waals surface area contributed by atoms with E-state index >= 15 is 0 Å². The third-order valence-corrected chi connectivity index (χ3v) is 3.27. The zero-order valence-electron chi connectivity index (χ0n) is 10.6. The van der Waals surface area contributed by atoms with Crippen molar-refractivity contribution in [3.63, 3.8) is 0 Å². The molecular weight excluding hydrogens is 316 g/mol. The zero-order valence-corrected chi connectivity index (χ0v) is 12.4. The summed E-state index contributed by atoms with van der Waals surface area (Å²) in [7, 11) is 0. The fourth-order valence-electron chi connectivity index (χ4n) is 1.61. The van der Waals surface area contributed by atoms with Gasteiger partial charge in [0.25, 0.3) is 0 Å². The van der Waals surface area contributed by atoms with Gasteiger partial charge in [0.15, 0.2) is 11.6 Å². The molecule has 0 aliphatic heterocycles. The number of thiol groups is 2. The molecular formula is C11H10N4O4S2. The van der Waals surface area contributed by atoms with Crippen LogP contribution in [0.25, 0.3) is 11.0 Å². The lowest BCUT2D eigenvalue weighted by atomic mass is 10.2. The Morgan fingerprint density at radius 2 is 1.48 bits per heavy atom. The zero-order chi connectivity index (χ0) is 15.7. The SMILES string of the molecule is Cc1ccc2nc(N(S)C(=O)O)c(N(S)C(=O)O)nc2c1. The van der Waals surface area contributed by atoms with E-state index < -0.39 is 12.2 Å². The molecule has 1 aromatic heterocycles. The first-order valence-corrected chi connectivity index (χ1v) is 6.33. The fourth-order valence-corrected chi connectivity index (χ4v) is 1.88. The Labute approximate surface area is 130 Å². The molecule has 0 aliphatic carbocycles. The van der Waals surface area contributed by atoms with E-state index in [2.05, 4.69) is 35.6 Å². The lowest BCUT2D eigenvalue weighted by Gasteiger charge is -2.18. The number of carboxylic acid groups (broad SMARTS) is 2. The maximum atomic E-state index is 11.0. The van der Waals surface area contributed by atoms with Crippen LogP contribution in [0.4, 0.5) is 21.2 Å². The quantitative estimate of drug-likeness (QED) is 0.632. The van der Waals surface area contributed by atoms with Gasteiger partial charge in [0.1, 0.15) is 0 Å². The number of benzene rings is 1. The van der Waals surface area contributed by atoms with E-state index in [4.69, 9.17) is 10.2 Å². The van der Waals surface area contributed by atoms with Gasteiger partial charge in [-0.25, -0.2) is 28.2 Å². The van der Waals surface area contributed by atoms with Crippen molar-refractivity contribution in [2.45, 2.75) is 6.92 Å². The molecule has 0 atom stereocenters. The van der Waals surface area contributed by atoms with Crippen LogP contribution in [-0.4, -0.2) is 32.4 Å². The van der Waals surface area contributed by atoms with Gasteiger partial charge in [-0.05, 0) is 24.6 Å². The van der Waals surface area contributed by atoms with E-state index in [1.54, 1.807) is 18.2 Å². The van der Waals surface area contributed by atoms with Crippen molar-refractivity contribution in [3.05, 3.63) is 23.8 Å². The molecule has 2 N–H and O–H groups in total. The number of aromatic nitrogens is 2. The lowest BCUT2D eigenvalue weighted by molar-refractivity contribution is 0.204. The van der Waals surface area contributed by atoms with Gasteiger partial charge < -0.3 is 10.2 Å². The number of aryl methyl sites for hydroxylation is 1. The second kappa shape index (κ2) is 5.66. The second-order valence-electron chi connectivity index (χ2n) is 4.05. The van der Waals surface area contributed by atoms with Crippen LogP contribution in [0.1, 0.15) is 5.56 Å². The molecule has 0 aliphatic rings. The Kier molecular flexibility index (Phi) is 4.09. The molecule has 0 unspecified atom stereocenters. The maximum absolute atomic E-state index is 11.0. The van der Waals surface area contributed by atoms with E-state index in [0.717, 1.165) is 5.56 Å². The summed E-state index contributed by atoms with van der Waals surface area (Å²) in [5.41, 5.74) is 1.73. The number of nitrogens with zero attached hydrogens (tertiary/aromatic N) is 4. The van der Waals surface area contributed by atoms with Crippen molar-refractivity contribution in [2.75, 3.05) is 8.61 Å². The Balaban J connectivity index is 2.73. The van der Waals surface area contributed by atoms with E-state index in [0.29, 0.717) is 19.6 Å². The number of carbonyl (C=O) groups is 2. The number of hydrogen-bond donors (Lipinski definition) is 4. The minimum atomic E-state index is -1.42. The van der Waals surface area contributed by atoms with Gasteiger partial charge in [-0.1, -0.05) is 31.7 Å². The fraction of sp³-hybridized carbons (Fsp3) is 0.0909. The number of rotatable bonds is 2. The van der Waals surface area contributed by atoms with Crippen LogP contribution in [0.2, 0.25) is 0 Å². The molecule has 0 radical (unpaired) electrons. The molecule has 10 heteroatoms. The smallest absolute Gasteiger partial charge is 0.423 e. The molecule has 0 saturated heterocycles. The van der Waals surface area contributed by atoms with Gasteiger partial charge in [0.05, 0.1) is 11.0 Å². The predicted molar refractivity (Wildman–Crippen MR) is 83.3 cm³/mol. The highest BCUT2D eigenvalue weighted by Gasteiger charge is 2.24. The highest BCUT2D eigenvalue weighted by atomic mass is 32.1. The van der Waals surface area contributed by atoms with Crippen molar-refractivity contribution >= 4 is 60.5 Å². The Bertz CT molecular complexity index is 739. The molecule has 2 aromatic rings. The number of amides is 2. The standard InChI is InChI=1S/C11H10N4O4S2/c1-5-2-3-6-7(4-5)13-9(15(21)11(18)19)8(12-6)14(20)10(16)17/h2-4,20-21H,1H3,(H,16,17)(H,18,19). The maximum Gasteiger partial charge on any atom is 0.423 e. The first kappa shape index (κ1) is 15.2. The highest BCUT2D eigenvalue weighted by Crippen LogP contribution is 2.30. The van der Waals surface area contributed by atoms with Crippen molar-refractivity contribution < 1.29 is 19.8 Å². The van der Waals surface area contributed by atoms with Crippen molar-refractivity contribution in [3.8, 4) is 0 Å². The molecule has 0 saturated carbocycles. The minimum Gasteiger partial charge on any atom is -0.464 e. The van der Waals surface area contributed by atoms with Crippen LogP contribution >= 0.6 is 25.6 Å². The van der Waals surface area contributed by atoms with Crippen LogP contribution in [0.15, 0.2) is 18.2 Å². The van der Waals surface area contributed by atoms with Gasteiger partial charge >= 0.3 is 12.2 Å². The summed E-state index contributed by atoms with van der Waals surface area (Å²) in [6.45, 7) is 1.84. The predicted octanol–water partition coefficient (Wildman–Crippen LogP) is 2.60. The van der Waals surface area contributed by atoms with Gasteiger partial charge in [-0.3, -0.25) is 0 Å². The average Bonchev–Trinajstić information content (AvgIpc) is 2.43. The Morgan fingerprint density at radius 1 is 1.00 bits per heavy atom. The van der Waals surface area contributed by atoms with Gasteiger partial charge in [-0.2, -0.15) is 0 Å². The average molecular weight is 326 g/mol. The van der Waals surface area contributed by atoms with E-state index in [9.17, 15) is 9.59 Å². The molecule has 1 aromatic carbocycles. The first-order valence-electron chi connectivity index (χ1n) is 5.53. The normalized spacial score (nSPS) is 10.4. The summed E-state index contributed by atoms with van der Waals surface area (Å²) < 4.78 is 0.962. The highest BCUT2D eigenvalue weighted by molar-refractivity contribution is 7.83. The molecule has 8 nitrogen and oxygen atoms in total. The summed E-state index contributed by atoms with van der Waals surface area (Å²) in [4.78, 5) is 30.3. The van der Waals surface area contributed by atoms with Crippen LogP contribution in [-0.2, 0) is 0 Å². The van der Waals surface area contributed by atoms with Crippen LogP contribution in [0.3, 0.4) is 0 Å². The molecule has 21 heavy (non-hydrogen) atoms. The van der Waals surface area contributed by atoms with Crippen LogP contribution < -0.4 is 8.61 Å². The third-order valence-electron chi connectivity index (χ3n) is 2.55. The molecule has 2 amide bonds.